The molecule has 1 heterocycles. The summed E-state index contributed by atoms with van der Waals surface area (Å²) in [6.45, 7) is 6.30. The lowest BCUT2D eigenvalue weighted by Crippen LogP contribution is -2.48. The molecule has 8 nitrogen and oxygen atoms in total. The van der Waals surface area contributed by atoms with Crippen molar-refractivity contribution in [1.29, 1.82) is 0 Å². The molecular weight excluding hydrogens is 477 g/mol. The van der Waals surface area contributed by atoms with E-state index in [1.54, 1.807) is 54.3 Å². The number of benzene rings is 2. The predicted octanol–water partition coefficient (Wildman–Crippen LogP) is 4.21. The highest BCUT2D eigenvalue weighted by molar-refractivity contribution is 5.99. The van der Waals surface area contributed by atoms with Crippen molar-refractivity contribution < 1.29 is 28.2 Å². The van der Waals surface area contributed by atoms with Crippen LogP contribution in [0.15, 0.2) is 42.5 Å². The van der Waals surface area contributed by atoms with Crippen molar-refractivity contribution in [1.82, 2.24) is 9.80 Å². The summed E-state index contributed by atoms with van der Waals surface area (Å²) >= 11 is 0. The number of nitrogens with one attached hydrogen (secondary N) is 1. The Bertz CT molecular complexity index is 1120. The molecule has 1 aliphatic heterocycles. The molecule has 9 heteroatoms. The molecule has 0 fully saturated rings. The smallest absolute Gasteiger partial charge is 0.257 e. The lowest BCUT2D eigenvalue weighted by molar-refractivity contribution is -0.116. The molecule has 3 rings (SSSR count). The third-order valence-corrected chi connectivity index (χ3v) is 6.57. The number of hydrogen-bond acceptors (Lipinski definition) is 5. The van der Waals surface area contributed by atoms with Crippen molar-refractivity contribution in [3.05, 3.63) is 59.4 Å². The summed E-state index contributed by atoms with van der Waals surface area (Å²) in [6, 6.07) is 10.4. The number of methoxy groups -OCH3 is 1. The highest BCUT2D eigenvalue weighted by Gasteiger charge is 2.31. The maximum atomic E-state index is 14.5. The fourth-order valence-electron chi connectivity index (χ4n) is 4.38. The highest BCUT2D eigenvalue weighted by Crippen LogP contribution is 2.27. The zero-order chi connectivity index (χ0) is 27.1. The van der Waals surface area contributed by atoms with Crippen molar-refractivity contribution in [3.63, 3.8) is 0 Å². The van der Waals surface area contributed by atoms with E-state index >= 15 is 0 Å². The number of carbonyl (C=O) groups excluding carboxylic acids is 3. The van der Waals surface area contributed by atoms with Crippen LogP contribution in [-0.4, -0.2) is 73.5 Å². The van der Waals surface area contributed by atoms with Gasteiger partial charge in [0.25, 0.3) is 11.8 Å². The Labute approximate surface area is 217 Å². The maximum absolute atomic E-state index is 14.5. The van der Waals surface area contributed by atoms with Gasteiger partial charge >= 0.3 is 0 Å². The van der Waals surface area contributed by atoms with Crippen LogP contribution in [0.2, 0.25) is 0 Å². The SMILES string of the molecule is CCCC(=O)Nc1ccc2c(c1)C(=O)N(C)C[C@H](OC)[C@@H](C)CN(C(=O)c1ccccc1F)[C@@H](C)CO2. The van der Waals surface area contributed by atoms with Crippen LogP contribution in [0.4, 0.5) is 10.1 Å². The molecule has 0 radical (unpaired) electrons. The zero-order valence-electron chi connectivity index (χ0n) is 22.1. The van der Waals surface area contributed by atoms with Gasteiger partial charge in [-0.2, -0.15) is 0 Å². The molecule has 1 N–H and O–H groups in total. The summed E-state index contributed by atoms with van der Waals surface area (Å²) in [4.78, 5) is 42.1. The molecule has 0 unspecified atom stereocenters. The van der Waals surface area contributed by atoms with Gasteiger partial charge in [0, 0.05) is 45.3 Å². The van der Waals surface area contributed by atoms with Gasteiger partial charge in [0.1, 0.15) is 18.2 Å². The molecule has 200 valence electrons. The monoisotopic (exact) mass is 513 g/mol. The number of anilines is 1. The highest BCUT2D eigenvalue weighted by atomic mass is 19.1. The van der Waals surface area contributed by atoms with Crippen LogP contribution in [0.3, 0.4) is 0 Å². The molecule has 0 bridgehead atoms. The van der Waals surface area contributed by atoms with Crippen LogP contribution in [-0.2, 0) is 9.53 Å². The van der Waals surface area contributed by atoms with E-state index in [9.17, 15) is 18.8 Å². The van der Waals surface area contributed by atoms with E-state index in [0.29, 0.717) is 29.8 Å². The standard InChI is InChI=1S/C28H36FN3O5/c1-6-9-26(33)30-20-12-13-24-22(14-20)27(34)31(4)16-25(36-5)18(2)15-32(19(3)17-37-24)28(35)21-10-7-8-11-23(21)29/h7-8,10-14,18-19,25H,6,9,15-17H2,1-5H3,(H,30,33)/t18-,19-,25-/m0/s1. The van der Waals surface area contributed by atoms with E-state index in [2.05, 4.69) is 5.32 Å². The van der Waals surface area contributed by atoms with Gasteiger partial charge in [0.05, 0.1) is 23.3 Å². The number of fused-ring (bicyclic) bond motifs is 1. The summed E-state index contributed by atoms with van der Waals surface area (Å²) in [6.07, 6.45) is 0.699. The molecule has 37 heavy (non-hydrogen) atoms. The second-order valence-corrected chi connectivity index (χ2v) is 9.54. The van der Waals surface area contributed by atoms with Crippen molar-refractivity contribution >= 4 is 23.4 Å². The zero-order valence-corrected chi connectivity index (χ0v) is 22.1. The molecule has 1 aliphatic rings. The first kappa shape index (κ1) is 28.1. The number of likely N-dealkylation sites (N-methyl/N-ethyl adjacent to an activating group) is 1. The summed E-state index contributed by atoms with van der Waals surface area (Å²) in [5.41, 5.74) is 0.775. The van der Waals surface area contributed by atoms with E-state index in [1.165, 1.54) is 12.1 Å². The van der Waals surface area contributed by atoms with Gasteiger partial charge < -0.3 is 24.6 Å². The van der Waals surface area contributed by atoms with E-state index in [0.717, 1.165) is 0 Å². The number of halogens is 1. The van der Waals surface area contributed by atoms with Gasteiger partial charge in [-0.1, -0.05) is 26.0 Å². The lowest BCUT2D eigenvalue weighted by atomic mass is 10.0. The lowest BCUT2D eigenvalue weighted by Gasteiger charge is -2.36. The largest absolute Gasteiger partial charge is 0.491 e. The average Bonchev–Trinajstić information content (AvgIpc) is 2.88. The minimum atomic E-state index is -0.587. The third kappa shape index (κ3) is 6.85. The van der Waals surface area contributed by atoms with E-state index in [4.69, 9.17) is 9.47 Å². The maximum Gasteiger partial charge on any atom is 0.257 e. The number of hydrogen-bond donors (Lipinski definition) is 1. The molecule has 0 spiro atoms. The quantitative estimate of drug-likeness (QED) is 0.647. The van der Waals surface area contributed by atoms with Crippen LogP contribution >= 0.6 is 0 Å². The Balaban J connectivity index is 1.98. The summed E-state index contributed by atoms with van der Waals surface area (Å²) in [5, 5.41) is 2.82. The summed E-state index contributed by atoms with van der Waals surface area (Å²) in [5.74, 6) is -1.28. The number of nitrogens with zero attached hydrogens (tertiary/aromatic N) is 2. The van der Waals surface area contributed by atoms with Crippen LogP contribution in [0.1, 0.15) is 54.3 Å². The molecule has 3 amide bonds. The van der Waals surface area contributed by atoms with Gasteiger partial charge in [0.2, 0.25) is 5.91 Å². The van der Waals surface area contributed by atoms with Crippen molar-refractivity contribution in [3.8, 4) is 5.75 Å². The van der Waals surface area contributed by atoms with Crippen LogP contribution in [0.5, 0.6) is 5.75 Å². The molecule has 0 saturated heterocycles. The minimum absolute atomic E-state index is 0.0113. The van der Waals surface area contributed by atoms with Crippen molar-refractivity contribution in [2.24, 2.45) is 5.92 Å². The Morgan fingerprint density at radius 1 is 1.16 bits per heavy atom. The Morgan fingerprint density at radius 2 is 1.89 bits per heavy atom. The number of ether oxygens (including phenoxy) is 2. The van der Waals surface area contributed by atoms with Crippen LogP contribution < -0.4 is 10.1 Å². The molecule has 2 aromatic rings. The molecule has 0 saturated carbocycles. The Morgan fingerprint density at radius 3 is 2.57 bits per heavy atom. The Kier molecular flexibility index (Phi) is 9.63. The molecule has 0 aliphatic carbocycles. The second-order valence-electron chi connectivity index (χ2n) is 9.54. The fraction of sp³-hybridized carbons (Fsp3) is 0.464. The van der Waals surface area contributed by atoms with Gasteiger partial charge in [-0.15, -0.1) is 0 Å². The minimum Gasteiger partial charge on any atom is -0.491 e. The number of amides is 3. The van der Waals surface area contributed by atoms with Crippen LogP contribution in [0.25, 0.3) is 0 Å². The second kappa shape index (κ2) is 12.7. The Hall–Kier alpha value is -3.46. The predicted molar refractivity (Wildman–Crippen MR) is 139 cm³/mol. The summed E-state index contributed by atoms with van der Waals surface area (Å²) < 4.78 is 26.3. The van der Waals surface area contributed by atoms with Gasteiger partial charge in [-0.3, -0.25) is 14.4 Å². The first-order valence-corrected chi connectivity index (χ1v) is 12.6. The number of rotatable bonds is 5. The van der Waals surface area contributed by atoms with Crippen LogP contribution in [0, 0.1) is 11.7 Å². The normalized spacial score (nSPS) is 20.8. The first-order chi connectivity index (χ1) is 17.7. The van der Waals surface area contributed by atoms with Gasteiger partial charge in [0.15, 0.2) is 0 Å². The molecule has 0 aromatic heterocycles. The molecule has 3 atom stereocenters. The van der Waals surface area contributed by atoms with E-state index < -0.39 is 17.8 Å². The third-order valence-electron chi connectivity index (χ3n) is 6.57. The summed E-state index contributed by atoms with van der Waals surface area (Å²) in [7, 11) is 3.24. The van der Waals surface area contributed by atoms with Crippen molar-refractivity contribution in [2.45, 2.75) is 45.8 Å². The average molecular weight is 514 g/mol. The van der Waals surface area contributed by atoms with Gasteiger partial charge in [-0.25, -0.2) is 4.39 Å². The molecule has 2 aromatic carbocycles. The van der Waals surface area contributed by atoms with Gasteiger partial charge in [-0.05, 0) is 43.7 Å². The fourth-order valence-corrected chi connectivity index (χ4v) is 4.38. The first-order valence-electron chi connectivity index (χ1n) is 12.6. The van der Waals surface area contributed by atoms with E-state index in [-0.39, 0.29) is 49.1 Å². The topological polar surface area (TPSA) is 88.2 Å². The van der Waals surface area contributed by atoms with E-state index in [1.807, 2.05) is 20.8 Å². The number of carbonyl (C=O) groups is 3. The molecular formula is C28H36FN3O5. The van der Waals surface area contributed by atoms with Crippen molar-refractivity contribution in [2.75, 3.05) is 39.2 Å².